The summed E-state index contributed by atoms with van der Waals surface area (Å²) in [7, 11) is 4.89. The van der Waals surface area contributed by atoms with Crippen LogP contribution >= 0.6 is 11.6 Å². The number of methoxy groups -OCH3 is 1. The van der Waals surface area contributed by atoms with Gasteiger partial charge >= 0.3 is 0 Å². The number of halogens is 1. The molecule has 2 aromatic rings. The van der Waals surface area contributed by atoms with Crippen LogP contribution in [-0.4, -0.2) is 66.6 Å². The maximum atomic E-state index is 13.8. The van der Waals surface area contributed by atoms with E-state index in [1.165, 1.54) is 4.90 Å². The van der Waals surface area contributed by atoms with Gasteiger partial charge in [0.1, 0.15) is 5.75 Å². The van der Waals surface area contributed by atoms with Crippen molar-refractivity contribution in [3.63, 3.8) is 0 Å². The number of aryl methyl sites for hydroxylation is 1. The number of carbonyl (C=O) groups excluding carboxylic acids is 2. The number of aliphatic hydroxyl groups is 1. The summed E-state index contributed by atoms with van der Waals surface area (Å²) in [6.45, 7) is 2.09. The summed E-state index contributed by atoms with van der Waals surface area (Å²) in [6, 6.07) is 10.2. The molecule has 8 heteroatoms. The summed E-state index contributed by atoms with van der Waals surface area (Å²) in [4.78, 5) is 30.2. The number of benzene rings is 2. The molecule has 0 spiro atoms. The monoisotopic (exact) mass is 443 g/mol. The molecule has 0 bridgehead atoms. The first-order chi connectivity index (χ1) is 14.7. The normalized spacial score (nSPS) is 25.3. The van der Waals surface area contributed by atoms with Crippen molar-refractivity contribution in [2.45, 2.75) is 31.0 Å². The Morgan fingerprint density at radius 2 is 2.00 bits per heavy atom. The number of nitrogens with one attached hydrogen (secondary N) is 1. The first-order valence-electron chi connectivity index (χ1n) is 10.1. The van der Waals surface area contributed by atoms with E-state index in [2.05, 4.69) is 5.32 Å². The van der Waals surface area contributed by atoms with E-state index in [1.54, 1.807) is 44.3 Å². The van der Waals surface area contributed by atoms with Gasteiger partial charge in [-0.05, 0) is 43.7 Å². The van der Waals surface area contributed by atoms with E-state index < -0.39 is 17.7 Å². The molecule has 1 unspecified atom stereocenters. The molecule has 2 aliphatic rings. The molecule has 2 aromatic carbocycles. The minimum Gasteiger partial charge on any atom is -0.496 e. The zero-order chi connectivity index (χ0) is 22.5. The van der Waals surface area contributed by atoms with E-state index in [4.69, 9.17) is 16.3 Å². The predicted octanol–water partition coefficient (Wildman–Crippen LogP) is 2.38. The third-order valence-corrected chi connectivity index (χ3v) is 6.36. The molecule has 3 atom stereocenters. The fourth-order valence-electron chi connectivity index (χ4n) is 4.79. The van der Waals surface area contributed by atoms with Crippen molar-refractivity contribution < 1.29 is 19.4 Å². The van der Waals surface area contributed by atoms with Gasteiger partial charge in [-0.3, -0.25) is 14.5 Å². The second kappa shape index (κ2) is 7.82. The van der Waals surface area contributed by atoms with Crippen molar-refractivity contribution in [2.75, 3.05) is 33.1 Å². The minimum absolute atomic E-state index is 0.153. The van der Waals surface area contributed by atoms with Gasteiger partial charge in [0.2, 0.25) is 5.91 Å². The van der Waals surface area contributed by atoms with Gasteiger partial charge in [-0.25, -0.2) is 0 Å². The molecule has 2 amide bonds. The lowest BCUT2D eigenvalue weighted by Crippen LogP contribution is -2.57. The molecular formula is C23H26ClN3O4. The summed E-state index contributed by atoms with van der Waals surface area (Å²) in [5.41, 5.74) is 1.42. The molecular weight excluding hydrogens is 418 g/mol. The fourth-order valence-corrected chi connectivity index (χ4v) is 4.96. The van der Waals surface area contributed by atoms with Crippen molar-refractivity contribution in [1.29, 1.82) is 0 Å². The van der Waals surface area contributed by atoms with E-state index >= 15 is 0 Å². The van der Waals surface area contributed by atoms with E-state index in [0.717, 1.165) is 5.56 Å². The van der Waals surface area contributed by atoms with Gasteiger partial charge in [-0.2, -0.15) is 0 Å². The zero-order valence-corrected chi connectivity index (χ0v) is 18.7. The zero-order valence-electron chi connectivity index (χ0n) is 18.0. The Labute approximate surface area is 186 Å². The lowest BCUT2D eigenvalue weighted by atomic mass is 9.80. The number of amides is 2. The number of carbonyl (C=O) groups is 2. The highest BCUT2D eigenvalue weighted by Gasteiger charge is 2.59. The van der Waals surface area contributed by atoms with Gasteiger partial charge in [-0.15, -0.1) is 0 Å². The third kappa shape index (κ3) is 3.28. The average Bonchev–Trinajstić information content (AvgIpc) is 3.24. The molecule has 0 aromatic heterocycles. The number of aliphatic hydroxyl groups excluding tert-OH is 1. The van der Waals surface area contributed by atoms with Crippen LogP contribution in [0, 0.1) is 6.92 Å². The SMILES string of the molecule is COc1ccc(C)cc1C1(N2C[C@H](O)C[C@@H]2C(=O)N(C)C)C(=O)Nc2ccc(Cl)cc21. The van der Waals surface area contributed by atoms with Crippen LogP contribution in [0.1, 0.15) is 23.1 Å². The Morgan fingerprint density at radius 3 is 2.68 bits per heavy atom. The van der Waals surface area contributed by atoms with Crippen molar-refractivity contribution in [1.82, 2.24) is 9.80 Å². The number of likely N-dealkylation sites (tertiary alicyclic amines) is 1. The molecule has 7 nitrogen and oxygen atoms in total. The number of β-amino-alcohol motifs (C(OH)–C–C–N with tert-alkyl or cyclic N) is 1. The summed E-state index contributed by atoms with van der Waals surface area (Å²) in [5.74, 6) is 0.0381. The molecule has 1 saturated heterocycles. The average molecular weight is 444 g/mol. The smallest absolute Gasteiger partial charge is 0.254 e. The molecule has 4 rings (SSSR count). The maximum absolute atomic E-state index is 13.8. The van der Waals surface area contributed by atoms with Crippen LogP contribution in [0.25, 0.3) is 0 Å². The second-order valence-corrected chi connectivity index (χ2v) is 8.78. The third-order valence-electron chi connectivity index (χ3n) is 6.13. The van der Waals surface area contributed by atoms with E-state index in [-0.39, 0.29) is 24.8 Å². The lowest BCUT2D eigenvalue weighted by molar-refractivity contribution is -0.138. The van der Waals surface area contributed by atoms with Gasteiger partial charge < -0.3 is 20.1 Å². The first-order valence-corrected chi connectivity index (χ1v) is 10.5. The molecule has 0 radical (unpaired) electrons. The Kier molecular flexibility index (Phi) is 5.45. The van der Waals surface area contributed by atoms with Gasteiger partial charge in [0.25, 0.3) is 5.91 Å². The van der Waals surface area contributed by atoms with E-state index in [0.29, 0.717) is 27.6 Å². The van der Waals surface area contributed by atoms with Crippen LogP contribution in [0.3, 0.4) is 0 Å². The van der Waals surface area contributed by atoms with Crippen LogP contribution in [0.15, 0.2) is 36.4 Å². The first kappa shape index (κ1) is 21.6. The Hall–Kier alpha value is -2.61. The van der Waals surface area contributed by atoms with Crippen molar-refractivity contribution in [3.8, 4) is 5.75 Å². The standard InChI is InChI=1S/C23H26ClN3O4/c1-13-5-8-20(31-4)17(9-13)23(16-10-14(24)6-7-18(16)25-22(23)30)27-12-15(28)11-19(27)21(29)26(2)3/h5-10,15,19,28H,11-12H2,1-4H3,(H,25,30)/t15-,19-,23?/m1/s1. The second-order valence-electron chi connectivity index (χ2n) is 8.35. The highest BCUT2D eigenvalue weighted by Crippen LogP contribution is 2.51. The molecule has 1 fully saturated rings. The van der Waals surface area contributed by atoms with E-state index in [9.17, 15) is 14.7 Å². The fraction of sp³-hybridized carbons (Fsp3) is 0.391. The topological polar surface area (TPSA) is 82.1 Å². The highest BCUT2D eigenvalue weighted by atomic mass is 35.5. The molecule has 2 heterocycles. The Balaban J connectivity index is 2.05. The number of nitrogens with zero attached hydrogens (tertiary/aromatic N) is 2. The number of anilines is 1. The van der Waals surface area contributed by atoms with Gasteiger partial charge in [-0.1, -0.05) is 23.2 Å². The number of likely N-dealkylation sites (N-methyl/N-ethyl adjacent to an activating group) is 1. The molecule has 2 aliphatic heterocycles. The molecule has 164 valence electrons. The number of hydrogen-bond acceptors (Lipinski definition) is 5. The Bertz CT molecular complexity index is 1060. The highest BCUT2D eigenvalue weighted by molar-refractivity contribution is 6.31. The Morgan fingerprint density at radius 1 is 1.26 bits per heavy atom. The van der Waals surface area contributed by atoms with Gasteiger partial charge in [0.05, 0.1) is 19.3 Å². The van der Waals surface area contributed by atoms with Crippen LogP contribution in [0.2, 0.25) is 5.02 Å². The van der Waals surface area contributed by atoms with Gasteiger partial charge in [0, 0.05) is 42.5 Å². The molecule has 0 aliphatic carbocycles. The summed E-state index contributed by atoms with van der Waals surface area (Å²) >= 11 is 6.36. The van der Waals surface area contributed by atoms with Crippen LogP contribution in [-0.2, 0) is 15.1 Å². The molecule has 31 heavy (non-hydrogen) atoms. The predicted molar refractivity (Wildman–Crippen MR) is 118 cm³/mol. The van der Waals surface area contributed by atoms with Gasteiger partial charge in [0.15, 0.2) is 5.54 Å². The lowest BCUT2D eigenvalue weighted by Gasteiger charge is -2.41. The summed E-state index contributed by atoms with van der Waals surface area (Å²) in [5, 5.41) is 14.0. The quantitative estimate of drug-likeness (QED) is 0.758. The summed E-state index contributed by atoms with van der Waals surface area (Å²) in [6.07, 6.45) is -0.520. The van der Waals surface area contributed by atoms with Crippen molar-refractivity contribution in [2.24, 2.45) is 0 Å². The number of rotatable bonds is 4. The number of ether oxygens (including phenoxy) is 1. The van der Waals surface area contributed by atoms with Crippen molar-refractivity contribution in [3.05, 3.63) is 58.1 Å². The van der Waals surface area contributed by atoms with Crippen molar-refractivity contribution >= 4 is 29.1 Å². The van der Waals surface area contributed by atoms with Crippen LogP contribution < -0.4 is 10.1 Å². The summed E-state index contributed by atoms with van der Waals surface area (Å²) < 4.78 is 5.66. The molecule has 0 saturated carbocycles. The van der Waals surface area contributed by atoms with Crippen LogP contribution in [0.4, 0.5) is 5.69 Å². The number of hydrogen-bond donors (Lipinski definition) is 2. The number of fused-ring (bicyclic) bond motifs is 1. The maximum Gasteiger partial charge on any atom is 0.254 e. The van der Waals surface area contributed by atoms with E-state index in [1.807, 2.05) is 25.1 Å². The van der Waals surface area contributed by atoms with Crippen LogP contribution in [0.5, 0.6) is 5.75 Å². The molecule has 2 N–H and O–H groups in total. The minimum atomic E-state index is -1.38. The largest absolute Gasteiger partial charge is 0.496 e.